The predicted octanol–water partition coefficient (Wildman–Crippen LogP) is 4.97. The van der Waals surface area contributed by atoms with Gasteiger partial charge in [-0.1, -0.05) is 78.1 Å². The molecule has 0 aromatic rings. The zero-order chi connectivity index (χ0) is 19.0. The third kappa shape index (κ3) is 12.0. The van der Waals surface area contributed by atoms with Gasteiger partial charge in [0.2, 0.25) is 11.8 Å². The number of rotatable bonds is 16. The maximum Gasteiger partial charge on any atom is 0.235 e. The van der Waals surface area contributed by atoms with Gasteiger partial charge in [0.05, 0.1) is 0 Å². The molecule has 0 saturated heterocycles. The van der Waals surface area contributed by atoms with E-state index < -0.39 is 5.41 Å². The number of hydrogen-bond donors (Lipinski definition) is 2. The van der Waals surface area contributed by atoms with Gasteiger partial charge in [0, 0.05) is 13.1 Å². The molecule has 0 aromatic carbocycles. The Balaban J connectivity index is 3.82. The predicted molar refractivity (Wildman–Crippen MR) is 107 cm³/mol. The van der Waals surface area contributed by atoms with Crippen molar-refractivity contribution < 1.29 is 9.59 Å². The third-order valence-corrected chi connectivity index (χ3v) is 4.77. The Morgan fingerprint density at radius 2 is 0.920 bits per heavy atom. The summed E-state index contributed by atoms with van der Waals surface area (Å²) in [6.45, 7) is 9.16. The molecular weight excluding hydrogens is 312 g/mol. The van der Waals surface area contributed by atoms with Crippen LogP contribution >= 0.6 is 0 Å². The van der Waals surface area contributed by atoms with Gasteiger partial charge in [-0.25, -0.2) is 0 Å². The Morgan fingerprint density at radius 1 is 0.600 bits per heavy atom. The second kappa shape index (κ2) is 15.2. The zero-order valence-electron chi connectivity index (χ0n) is 17.2. The smallest absolute Gasteiger partial charge is 0.235 e. The fraction of sp³-hybridized carbons (Fsp3) is 0.905. The second-order valence-electron chi connectivity index (χ2n) is 7.67. The maximum atomic E-state index is 12.3. The molecule has 0 atom stereocenters. The van der Waals surface area contributed by atoms with Gasteiger partial charge in [0.25, 0.3) is 0 Å². The highest BCUT2D eigenvalue weighted by Gasteiger charge is 2.35. The standard InChI is InChI=1S/C21H42N2O2/c1-5-7-9-11-13-15-17-22-19(24)21(3,4)20(25)23-18-16-14-12-10-8-6-2/h5-18H2,1-4H3,(H,22,24)(H,23,25). The van der Waals surface area contributed by atoms with E-state index in [1.807, 2.05) is 0 Å². The Hall–Kier alpha value is -1.06. The molecular formula is C21H42N2O2. The van der Waals surface area contributed by atoms with Crippen LogP contribution in [0.25, 0.3) is 0 Å². The molecule has 0 aromatic heterocycles. The summed E-state index contributed by atoms with van der Waals surface area (Å²) in [6.07, 6.45) is 14.4. The first-order valence-electron chi connectivity index (χ1n) is 10.5. The minimum atomic E-state index is -0.996. The molecule has 25 heavy (non-hydrogen) atoms. The fourth-order valence-corrected chi connectivity index (χ4v) is 2.76. The van der Waals surface area contributed by atoms with E-state index in [9.17, 15) is 9.59 Å². The molecule has 0 aliphatic rings. The van der Waals surface area contributed by atoms with Crippen molar-refractivity contribution in [2.45, 2.75) is 105 Å². The van der Waals surface area contributed by atoms with Crippen molar-refractivity contribution in [1.29, 1.82) is 0 Å². The average molecular weight is 355 g/mol. The molecule has 148 valence electrons. The first kappa shape index (κ1) is 23.9. The number of amides is 2. The van der Waals surface area contributed by atoms with Crippen LogP contribution in [0.3, 0.4) is 0 Å². The molecule has 2 amide bonds. The highest BCUT2D eigenvalue weighted by atomic mass is 16.2. The lowest BCUT2D eigenvalue weighted by Crippen LogP contribution is -2.48. The van der Waals surface area contributed by atoms with Crippen LogP contribution in [0.2, 0.25) is 0 Å². The van der Waals surface area contributed by atoms with Crippen LogP contribution in [-0.2, 0) is 9.59 Å². The summed E-state index contributed by atoms with van der Waals surface area (Å²) in [5, 5.41) is 5.84. The van der Waals surface area contributed by atoms with Gasteiger partial charge in [-0.05, 0) is 26.7 Å². The molecule has 0 spiro atoms. The van der Waals surface area contributed by atoms with Crippen LogP contribution in [0.15, 0.2) is 0 Å². The second-order valence-corrected chi connectivity index (χ2v) is 7.67. The van der Waals surface area contributed by atoms with E-state index in [0.717, 1.165) is 25.7 Å². The fourth-order valence-electron chi connectivity index (χ4n) is 2.76. The SMILES string of the molecule is CCCCCCCCNC(=O)C(C)(C)C(=O)NCCCCCCCC. The summed E-state index contributed by atoms with van der Waals surface area (Å²) in [4.78, 5) is 24.6. The highest BCUT2D eigenvalue weighted by molar-refractivity contribution is 6.04. The molecule has 0 radical (unpaired) electrons. The Bertz CT molecular complexity index is 322. The molecule has 0 aliphatic heterocycles. The molecule has 0 fully saturated rings. The topological polar surface area (TPSA) is 58.2 Å². The summed E-state index contributed by atoms with van der Waals surface area (Å²) in [7, 11) is 0. The van der Waals surface area contributed by atoms with Gasteiger partial charge in [-0.3, -0.25) is 9.59 Å². The summed E-state index contributed by atoms with van der Waals surface area (Å²) in [5.74, 6) is -0.331. The van der Waals surface area contributed by atoms with Crippen LogP contribution < -0.4 is 10.6 Å². The van der Waals surface area contributed by atoms with Crippen LogP contribution in [0.4, 0.5) is 0 Å². The first-order valence-corrected chi connectivity index (χ1v) is 10.5. The lowest BCUT2D eigenvalue weighted by atomic mass is 9.91. The summed E-state index contributed by atoms with van der Waals surface area (Å²) in [6, 6.07) is 0. The van der Waals surface area contributed by atoms with E-state index in [4.69, 9.17) is 0 Å². The van der Waals surface area contributed by atoms with Crippen LogP contribution in [0.5, 0.6) is 0 Å². The monoisotopic (exact) mass is 354 g/mol. The summed E-state index contributed by atoms with van der Waals surface area (Å²) in [5.41, 5.74) is -0.996. The minimum Gasteiger partial charge on any atom is -0.355 e. The van der Waals surface area contributed by atoms with Crippen molar-refractivity contribution >= 4 is 11.8 Å². The highest BCUT2D eigenvalue weighted by Crippen LogP contribution is 2.15. The van der Waals surface area contributed by atoms with E-state index in [1.54, 1.807) is 13.8 Å². The van der Waals surface area contributed by atoms with Crippen molar-refractivity contribution in [2.24, 2.45) is 5.41 Å². The van der Waals surface area contributed by atoms with Gasteiger partial charge < -0.3 is 10.6 Å². The maximum absolute atomic E-state index is 12.3. The van der Waals surface area contributed by atoms with Crippen LogP contribution in [0, 0.1) is 5.41 Å². The average Bonchev–Trinajstić information content (AvgIpc) is 2.59. The van der Waals surface area contributed by atoms with Crippen molar-refractivity contribution in [3.8, 4) is 0 Å². The van der Waals surface area contributed by atoms with Crippen LogP contribution in [0.1, 0.15) is 105 Å². The van der Waals surface area contributed by atoms with Gasteiger partial charge >= 0.3 is 0 Å². The van der Waals surface area contributed by atoms with Gasteiger partial charge in [-0.2, -0.15) is 0 Å². The quantitative estimate of drug-likeness (QED) is 0.304. The summed E-state index contributed by atoms with van der Waals surface area (Å²) >= 11 is 0. The minimum absolute atomic E-state index is 0.165. The molecule has 2 N–H and O–H groups in total. The Kier molecular flexibility index (Phi) is 14.6. The first-order chi connectivity index (χ1) is 12.0. The number of unbranched alkanes of at least 4 members (excludes halogenated alkanes) is 10. The Labute approximate surface area is 155 Å². The van der Waals surface area contributed by atoms with Crippen molar-refractivity contribution in [3.63, 3.8) is 0 Å². The molecule has 0 heterocycles. The number of carbonyl (C=O) groups excluding carboxylic acids is 2. The van der Waals surface area contributed by atoms with Crippen molar-refractivity contribution in [2.75, 3.05) is 13.1 Å². The number of carbonyl (C=O) groups is 2. The van der Waals surface area contributed by atoms with E-state index >= 15 is 0 Å². The largest absolute Gasteiger partial charge is 0.355 e. The number of hydrogen-bond acceptors (Lipinski definition) is 2. The van der Waals surface area contributed by atoms with Crippen molar-refractivity contribution in [3.05, 3.63) is 0 Å². The normalized spacial score (nSPS) is 11.4. The molecule has 0 rings (SSSR count). The zero-order valence-corrected chi connectivity index (χ0v) is 17.2. The molecule has 0 aliphatic carbocycles. The molecule has 0 saturated carbocycles. The lowest BCUT2D eigenvalue weighted by Gasteiger charge is -2.22. The van der Waals surface area contributed by atoms with E-state index in [0.29, 0.717) is 13.1 Å². The van der Waals surface area contributed by atoms with Gasteiger partial charge in [0.1, 0.15) is 5.41 Å². The summed E-state index contributed by atoms with van der Waals surface area (Å²) < 4.78 is 0. The van der Waals surface area contributed by atoms with E-state index in [-0.39, 0.29) is 11.8 Å². The van der Waals surface area contributed by atoms with Gasteiger partial charge in [0.15, 0.2) is 0 Å². The van der Waals surface area contributed by atoms with Gasteiger partial charge in [-0.15, -0.1) is 0 Å². The van der Waals surface area contributed by atoms with E-state index in [2.05, 4.69) is 24.5 Å². The third-order valence-electron chi connectivity index (χ3n) is 4.77. The molecule has 0 unspecified atom stereocenters. The molecule has 4 nitrogen and oxygen atoms in total. The lowest BCUT2D eigenvalue weighted by molar-refractivity contribution is -0.141. The van der Waals surface area contributed by atoms with Crippen LogP contribution in [-0.4, -0.2) is 24.9 Å². The molecule has 4 heteroatoms. The Morgan fingerprint density at radius 3 is 1.28 bits per heavy atom. The van der Waals surface area contributed by atoms with Crippen molar-refractivity contribution in [1.82, 2.24) is 10.6 Å². The number of nitrogens with one attached hydrogen (secondary N) is 2. The van der Waals surface area contributed by atoms with E-state index in [1.165, 1.54) is 51.4 Å². The molecule has 0 bridgehead atoms.